The molecular formula is C13H18BrNOS. The number of carbonyl (C=O) groups is 1. The zero-order valence-electron chi connectivity index (χ0n) is 9.82. The van der Waals surface area contributed by atoms with Gasteiger partial charge in [-0.15, -0.1) is 11.3 Å². The van der Waals surface area contributed by atoms with Crippen LogP contribution in [0.15, 0.2) is 17.5 Å². The lowest BCUT2D eigenvalue weighted by Crippen LogP contribution is -2.37. The number of halogens is 1. The molecule has 0 radical (unpaired) electrons. The number of hydrogen-bond acceptors (Lipinski definition) is 2. The minimum absolute atomic E-state index is 0.206. The largest absolute Gasteiger partial charge is 0.352 e. The topological polar surface area (TPSA) is 29.1 Å². The second-order valence-electron chi connectivity index (χ2n) is 4.55. The molecule has 0 aliphatic heterocycles. The van der Waals surface area contributed by atoms with Crippen LogP contribution in [0, 0.1) is 0 Å². The van der Waals surface area contributed by atoms with Crippen LogP contribution in [0.5, 0.6) is 0 Å². The number of carbonyl (C=O) groups excluding carboxylic acids is 1. The number of aryl methyl sites for hydroxylation is 1. The lowest BCUT2D eigenvalue weighted by molar-refractivity contribution is -0.121. The molecule has 1 heterocycles. The van der Waals surface area contributed by atoms with Crippen LogP contribution in [-0.4, -0.2) is 16.8 Å². The molecule has 1 saturated carbocycles. The maximum absolute atomic E-state index is 11.7. The number of hydrogen-bond donors (Lipinski definition) is 1. The van der Waals surface area contributed by atoms with E-state index in [2.05, 4.69) is 38.8 Å². The molecule has 94 valence electrons. The van der Waals surface area contributed by atoms with Gasteiger partial charge < -0.3 is 5.32 Å². The smallest absolute Gasteiger partial charge is 0.220 e. The van der Waals surface area contributed by atoms with Crippen molar-refractivity contribution in [2.24, 2.45) is 0 Å². The second kappa shape index (κ2) is 6.55. The summed E-state index contributed by atoms with van der Waals surface area (Å²) in [5.74, 6) is 0.206. The minimum Gasteiger partial charge on any atom is -0.352 e. The van der Waals surface area contributed by atoms with E-state index in [1.165, 1.54) is 17.7 Å². The van der Waals surface area contributed by atoms with E-state index in [-0.39, 0.29) is 5.91 Å². The summed E-state index contributed by atoms with van der Waals surface area (Å²) in [4.78, 5) is 13.6. The second-order valence-corrected chi connectivity index (χ2v) is 6.76. The van der Waals surface area contributed by atoms with Gasteiger partial charge in [-0.2, -0.15) is 0 Å². The third-order valence-electron chi connectivity index (χ3n) is 3.19. The Hall–Kier alpha value is -0.350. The Morgan fingerprint density at radius 3 is 3.06 bits per heavy atom. The molecule has 17 heavy (non-hydrogen) atoms. The molecule has 4 heteroatoms. The Bertz CT molecular complexity index is 352. The molecule has 2 rings (SSSR count). The van der Waals surface area contributed by atoms with Crippen LogP contribution in [0.4, 0.5) is 0 Å². The van der Waals surface area contributed by atoms with Gasteiger partial charge in [0.15, 0.2) is 0 Å². The van der Waals surface area contributed by atoms with E-state index in [0.29, 0.717) is 17.3 Å². The van der Waals surface area contributed by atoms with Gasteiger partial charge in [0, 0.05) is 22.2 Å². The molecule has 1 aromatic rings. The highest BCUT2D eigenvalue weighted by atomic mass is 79.9. The van der Waals surface area contributed by atoms with Crippen LogP contribution in [0.2, 0.25) is 0 Å². The highest BCUT2D eigenvalue weighted by Gasteiger charge is 2.25. The van der Waals surface area contributed by atoms with Gasteiger partial charge in [0.1, 0.15) is 0 Å². The van der Waals surface area contributed by atoms with Crippen molar-refractivity contribution < 1.29 is 4.79 Å². The number of rotatable bonds is 5. The van der Waals surface area contributed by atoms with Gasteiger partial charge in [-0.3, -0.25) is 4.79 Å². The summed E-state index contributed by atoms with van der Waals surface area (Å²) in [6.07, 6.45) is 6.14. The number of alkyl halides is 1. The van der Waals surface area contributed by atoms with Gasteiger partial charge in [0.25, 0.3) is 0 Å². The zero-order chi connectivity index (χ0) is 12.1. The third-order valence-corrected chi connectivity index (χ3v) is 5.22. The zero-order valence-corrected chi connectivity index (χ0v) is 12.2. The highest BCUT2D eigenvalue weighted by Crippen LogP contribution is 2.25. The Labute approximate surface area is 115 Å². The van der Waals surface area contributed by atoms with E-state index >= 15 is 0 Å². The number of thiophene rings is 1. The van der Waals surface area contributed by atoms with Crippen molar-refractivity contribution in [3.05, 3.63) is 22.4 Å². The number of nitrogens with one attached hydrogen (secondary N) is 1. The molecule has 1 amide bonds. The van der Waals surface area contributed by atoms with E-state index in [1.807, 2.05) is 0 Å². The molecule has 1 aliphatic carbocycles. The molecule has 0 spiro atoms. The standard InChI is InChI=1S/C13H18BrNOS/c14-11-6-2-7-12(11)15-13(16)8-1-4-10-5-3-9-17-10/h3,5,9,11-12H,1-2,4,6-8H2,(H,15,16). The van der Waals surface area contributed by atoms with Crippen molar-refractivity contribution in [1.29, 1.82) is 0 Å². The molecule has 1 fully saturated rings. The first-order valence-corrected chi connectivity index (χ1v) is 8.01. The molecule has 2 unspecified atom stereocenters. The van der Waals surface area contributed by atoms with Gasteiger partial charge in [-0.1, -0.05) is 28.4 Å². The maximum atomic E-state index is 11.7. The number of amides is 1. The van der Waals surface area contributed by atoms with Crippen molar-refractivity contribution in [2.75, 3.05) is 0 Å². The first kappa shape index (κ1) is 13.1. The molecule has 1 aromatic heterocycles. The minimum atomic E-state index is 0.206. The Kier molecular flexibility index (Phi) is 5.04. The van der Waals surface area contributed by atoms with Crippen LogP contribution in [0.25, 0.3) is 0 Å². The summed E-state index contributed by atoms with van der Waals surface area (Å²) in [5.41, 5.74) is 0. The normalized spacial score (nSPS) is 23.8. The predicted molar refractivity (Wildman–Crippen MR) is 75.8 cm³/mol. The van der Waals surface area contributed by atoms with Crippen LogP contribution < -0.4 is 5.32 Å². The van der Waals surface area contributed by atoms with Crippen LogP contribution in [-0.2, 0) is 11.2 Å². The molecule has 2 atom stereocenters. The van der Waals surface area contributed by atoms with Gasteiger partial charge >= 0.3 is 0 Å². The van der Waals surface area contributed by atoms with Crippen LogP contribution in [0.1, 0.15) is 37.0 Å². The Morgan fingerprint density at radius 2 is 2.41 bits per heavy atom. The monoisotopic (exact) mass is 315 g/mol. The summed E-state index contributed by atoms with van der Waals surface area (Å²) in [7, 11) is 0. The van der Waals surface area contributed by atoms with Gasteiger partial charge in [0.05, 0.1) is 0 Å². The van der Waals surface area contributed by atoms with Crippen LogP contribution in [0.3, 0.4) is 0 Å². The SMILES string of the molecule is O=C(CCCc1cccs1)NC1CCCC1Br. The third kappa shape index (κ3) is 4.11. The van der Waals surface area contributed by atoms with Crippen molar-refractivity contribution >= 4 is 33.2 Å². The fraction of sp³-hybridized carbons (Fsp3) is 0.615. The quantitative estimate of drug-likeness (QED) is 0.828. The molecular weight excluding hydrogens is 298 g/mol. The van der Waals surface area contributed by atoms with E-state index in [4.69, 9.17) is 0 Å². The highest BCUT2D eigenvalue weighted by molar-refractivity contribution is 9.09. The molecule has 0 saturated heterocycles. The molecule has 1 aliphatic rings. The lowest BCUT2D eigenvalue weighted by atomic mass is 10.2. The maximum Gasteiger partial charge on any atom is 0.220 e. The van der Waals surface area contributed by atoms with E-state index in [9.17, 15) is 4.79 Å². The van der Waals surface area contributed by atoms with Crippen molar-refractivity contribution in [2.45, 2.75) is 49.4 Å². The van der Waals surface area contributed by atoms with E-state index in [1.54, 1.807) is 11.3 Å². The fourth-order valence-corrected chi connectivity index (χ4v) is 3.71. The van der Waals surface area contributed by atoms with Gasteiger partial charge in [0.2, 0.25) is 5.91 Å². The fourth-order valence-electron chi connectivity index (χ4n) is 2.23. The van der Waals surface area contributed by atoms with Gasteiger partial charge in [-0.25, -0.2) is 0 Å². The van der Waals surface area contributed by atoms with Gasteiger partial charge in [-0.05, 0) is 37.1 Å². The summed E-state index contributed by atoms with van der Waals surface area (Å²) in [6, 6.07) is 4.55. The molecule has 0 aromatic carbocycles. The first-order chi connectivity index (χ1) is 8.25. The molecule has 2 nitrogen and oxygen atoms in total. The van der Waals surface area contributed by atoms with Crippen LogP contribution >= 0.6 is 27.3 Å². The molecule has 1 N–H and O–H groups in total. The average Bonchev–Trinajstić information content (AvgIpc) is 2.92. The van der Waals surface area contributed by atoms with Crippen molar-refractivity contribution in [3.63, 3.8) is 0 Å². The average molecular weight is 316 g/mol. The summed E-state index contributed by atoms with van der Waals surface area (Å²) in [6.45, 7) is 0. The van der Waals surface area contributed by atoms with Crippen molar-refractivity contribution in [1.82, 2.24) is 5.32 Å². The molecule has 0 bridgehead atoms. The summed E-state index contributed by atoms with van der Waals surface area (Å²) >= 11 is 5.39. The van der Waals surface area contributed by atoms with Crippen molar-refractivity contribution in [3.8, 4) is 0 Å². The Morgan fingerprint density at radius 1 is 1.53 bits per heavy atom. The summed E-state index contributed by atoms with van der Waals surface area (Å²) in [5, 5.41) is 5.21. The summed E-state index contributed by atoms with van der Waals surface area (Å²) < 4.78 is 0. The predicted octanol–water partition coefficient (Wildman–Crippen LogP) is 3.50. The van der Waals surface area contributed by atoms with E-state index < -0.39 is 0 Å². The van der Waals surface area contributed by atoms with E-state index in [0.717, 1.165) is 19.3 Å². The Balaban J connectivity index is 1.64. The lowest BCUT2D eigenvalue weighted by Gasteiger charge is -2.15. The first-order valence-electron chi connectivity index (χ1n) is 6.21.